The minimum Gasteiger partial charge on any atom is -0.479 e. The van der Waals surface area contributed by atoms with Crippen LogP contribution in [0.4, 0.5) is 4.79 Å². The number of benzene rings is 1. The third-order valence-electron chi connectivity index (χ3n) is 8.06. The van der Waals surface area contributed by atoms with E-state index in [-0.39, 0.29) is 30.1 Å². The van der Waals surface area contributed by atoms with Gasteiger partial charge in [-0.15, -0.1) is 0 Å². The van der Waals surface area contributed by atoms with Crippen molar-refractivity contribution >= 4 is 23.9 Å². The molecule has 0 bridgehead atoms. The van der Waals surface area contributed by atoms with E-state index in [1.165, 1.54) is 5.56 Å². The zero-order valence-corrected chi connectivity index (χ0v) is 23.3. The fraction of sp³-hybridized carbons (Fsp3) is 0.607. The molecule has 1 aromatic rings. The number of carboxylic acids is 2. The average molecular weight is 574 g/mol. The highest BCUT2D eigenvalue weighted by molar-refractivity contribution is 5.83. The molecular weight excluding hydrogens is 534 g/mol. The predicted molar refractivity (Wildman–Crippen MR) is 145 cm³/mol. The Morgan fingerprint density at radius 1 is 1.05 bits per heavy atom. The van der Waals surface area contributed by atoms with Crippen LogP contribution in [-0.2, 0) is 20.8 Å². The molecule has 41 heavy (non-hydrogen) atoms. The van der Waals surface area contributed by atoms with Gasteiger partial charge >= 0.3 is 18.0 Å². The van der Waals surface area contributed by atoms with Gasteiger partial charge in [-0.3, -0.25) is 4.79 Å². The maximum Gasteiger partial charge on any atom is 0.335 e. The average Bonchev–Trinajstić information content (AvgIpc) is 3.65. The molecule has 0 spiro atoms. The number of aliphatic hydroxyl groups is 2. The van der Waals surface area contributed by atoms with Gasteiger partial charge in [-0.05, 0) is 49.5 Å². The van der Waals surface area contributed by atoms with Crippen molar-refractivity contribution in [3.05, 3.63) is 35.9 Å². The summed E-state index contributed by atoms with van der Waals surface area (Å²) in [7, 11) is 3.60. The third-order valence-corrected chi connectivity index (χ3v) is 8.06. The summed E-state index contributed by atoms with van der Waals surface area (Å²) in [5.74, 6) is -2.61. The Kier molecular flexibility index (Phi) is 10.7. The molecule has 224 valence electrons. The smallest absolute Gasteiger partial charge is 0.335 e. The van der Waals surface area contributed by atoms with Crippen LogP contribution in [0.25, 0.3) is 0 Å². The van der Waals surface area contributed by atoms with E-state index in [0.29, 0.717) is 18.4 Å². The lowest BCUT2D eigenvalue weighted by atomic mass is 9.87. The molecule has 5 N–H and O–H groups in total. The highest BCUT2D eigenvalue weighted by Gasteiger charge is 2.50. The van der Waals surface area contributed by atoms with E-state index < -0.39 is 24.1 Å². The lowest BCUT2D eigenvalue weighted by molar-refractivity contribution is -0.165. The number of fused-ring (bicyclic) bond motifs is 1. The molecule has 0 radical (unpaired) electrons. The Balaban J connectivity index is 0.000000397. The molecule has 1 aliphatic carbocycles. The third kappa shape index (κ3) is 7.93. The number of aliphatic carboxylic acids is 2. The Bertz CT molecular complexity index is 1110. The molecule has 3 fully saturated rings. The number of rotatable bonds is 8. The molecule has 5 unspecified atom stereocenters. The van der Waals surface area contributed by atoms with Gasteiger partial charge < -0.3 is 40.4 Å². The first kappa shape index (κ1) is 31.8. The van der Waals surface area contributed by atoms with Crippen molar-refractivity contribution in [1.29, 1.82) is 5.26 Å². The first-order valence-corrected chi connectivity index (χ1v) is 13.6. The second-order valence-corrected chi connectivity index (χ2v) is 11.2. The molecule has 13 heteroatoms. The van der Waals surface area contributed by atoms with Crippen molar-refractivity contribution in [2.24, 2.45) is 11.8 Å². The zero-order chi connectivity index (χ0) is 30.3. The molecule has 5 atom stereocenters. The van der Waals surface area contributed by atoms with Gasteiger partial charge in [-0.1, -0.05) is 30.3 Å². The number of likely N-dealkylation sites (tertiary alicyclic amines) is 2. The van der Waals surface area contributed by atoms with Gasteiger partial charge in [0.25, 0.3) is 0 Å². The fourth-order valence-electron chi connectivity index (χ4n) is 6.10. The van der Waals surface area contributed by atoms with Gasteiger partial charge in [0.2, 0.25) is 5.91 Å². The standard InChI is InChI=1S/C24H33N5O2.C4H6O6/c1-27(2)23(31)28-16-19-12-24(13-20(19)17-28,11-18-7-4-3-5-8-18)26-15-22(30)29-10-6-9-21(29)14-25;5-1(3(7)8)2(6)4(9)10/h3-5,7-8,19-21,26H,6,9-13,15-17H2,1-2H3;1-2,5-6H,(H,7,8)(H,9,10). The van der Waals surface area contributed by atoms with E-state index in [9.17, 15) is 24.4 Å². The summed E-state index contributed by atoms with van der Waals surface area (Å²) in [4.78, 5) is 50.2. The zero-order valence-electron chi connectivity index (χ0n) is 23.3. The summed E-state index contributed by atoms with van der Waals surface area (Å²) in [5.41, 5.74) is 1.11. The van der Waals surface area contributed by atoms with E-state index in [0.717, 1.165) is 45.2 Å². The van der Waals surface area contributed by atoms with Crippen LogP contribution < -0.4 is 5.32 Å². The molecular formula is C28H39N5O8. The van der Waals surface area contributed by atoms with Crippen molar-refractivity contribution in [2.45, 2.75) is 55.9 Å². The van der Waals surface area contributed by atoms with E-state index in [2.05, 4.69) is 35.7 Å². The van der Waals surface area contributed by atoms with Crippen LogP contribution >= 0.6 is 0 Å². The van der Waals surface area contributed by atoms with Crippen molar-refractivity contribution < 1.29 is 39.6 Å². The number of nitrogens with one attached hydrogen (secondary N) is 1. The number of carbonyl (C=O) groups is 4. The number of nitrogens with zero attached hydrogens (tertiary/aromatic N) is 4. The minimum atomic E-state index is -2.27. The number of hydrogen-bond donors (Lipinski definition) is 5. The second kappa shape index (κ2) is 13.8. The molecule has 2 saturated heterocycles. The van der Waals surface area contributed by atoms with Crippen LogP contribution in [0.15, 0.2) is 30.3 Å². The Morgan fingerprint density at radius 2 is 1.61 bits per heavy atom. The van der Waals surface area contributed by atoms with Crippen molar-refractivity contribution in [3.8, 4) is 6.07 Å². The monoisotopic (exact) mass is 573 g/mol. The number of carbonyl (C=O) groups excluding carboxylic acids is 2. The van der Waals surface area contributed by atoms with Crippen molar-refractivity contribution in [2.75, 3.05) is 40.3 Å². The molecule has 0 aromatic heterocycles. The van der Waals surface area contributed by atoms with Crippen molar-refractivity contribution in [1.82, 2.24) is 20.0 Å². The summed E-state index contributed by atoms with van der Waals surface area (Å²) in [6, 6.07) is 12.5. The summed E-state index contributed by atoms with van der Waals surface area (Å²) < 4.78 is 0. The van der Waals surface area contributed by atoms with Crippen LogP contribution in [-0.4, -0.2) is 123 Å². The number of nitriles is 1. The van der Waals surface area contributed by atoms with Crippen LogP contribution in [0.5, 0.6) is 0 Å². The van der Waals surface area contributed by atoms with E-state index in [1.54, 1.807) is 23.9 Å². The van der Waals surface area contributed by atoms with Gasteiger partial charge in [0.05, 0.1) is 12.6 Å². The molecule has 1 aromatic carbocycles. The number of urea groups is 1. The normalized spacial score (nSPS) is 26.3. The Labute approximate surface area is 238 Å². The van der Waals surface area contributed by atoms with Gasteiger partial charge in [-0.2, -0.15) is 5.26 Å². The van der Waals surface area contributed by atoms with E-state index in [4.69, 9.17) is 20.4 Å². The largest absolute Gasteiger partial charge is 0.479 e. The topological polar surface area (TPSA) is 195 Å². The molecule has 2 heterocycles. The maximum atomic E-state index is 12.9. The lowest BCUT2D eigenvalue weighted by Gasteiger charge is -2.34. The lowest BCUT2D eigenvalue weighted by Crippen LogP contribution is -2.51. The first-order valence-electron chi connectivity index (χ1n) is 13.6. The number of amides is 3. The Morgan fingerprint density at radius 3 is 2.10 bits per heavy atom. The quantitative estimate of drug-likeness (QED) is 0.282. The number of carboxylic acid groups (broad SMARTS) is 2. The molecule has 3 aliphatic rings. The molecule has 2 aliphatic heterocycles. The van der Waals surface area contributed by atoms with Crippen LogP contribution in [0.1, 0.15) is 31.2 Å². The van der Waals surface area contributed by atoms with Crippen molar-refractivity contribution in [3.63, 3.8) is 0 Å². The molecule has 4 rings (SSSR count). The number of hydrogen-bond acceptors (Lipinski definition) is 8. The predicted octanol–water partition coefficient (Wildman–Crippen LogP) is -0.0271. The van der Waals surface area contributed by atoms with E-state index in [1.807, 2.05) is 11.0 Å². The maximum absolute atomic E-state index is 12.9. The second-order valence-electron chi connectivity index (χ2n) is 11.2. The van der Waals surface area contributed by atoms with Gasteiger partial charge in [0, 0.05) is 39.3 Å². The van der Waals surface area contributed by atoms with Crippen LogP contribution in [0.3, 0.4) is 0 Å². The summed E-state index contributed by atoms with van der Waals surface area (Å²) in [6.07, 6.45) is -0.0689. The summed E-state index contributed by atoms with van der Waals surface area (Å²) in [6.45, 7) is 2.52. The fourth-order valence-corrected chi connectivity index (χ4v) is 6.10. The van der Waals surface area contributed by atoms with Gasteiger partial charge in [0.15, 0.2) is 12.2 Å². The first-order chi connectivity index (χ1) is 19.4. The summed E-state index contributed by atoms with van der Waals surface area (Å²) >= 11 is 0. The SMILES string of the molecule is CN(C)C(=O)N1CC2CC(Cc3ccccc3)(NCC(=O)N3CCCC3C#N)CC2C1.O=C(O)C(O)C(O)C(=O)O. The van der Waals surface area contributed by atoms with Gasteiger partial charge in [-0.25, -0.2) is 14.4 Å². The molecule has 3 amide bonds. The van der Waals surface area contributed by atoms with Crippen LogP contribution in [0, 0.1) is 23.2 Å². The number of aliphatic hydroxyl groups excluding tert-OH is 2. The summed E-state index contributed by atoms with van der Waals surface area (Å²) in [5, 5.41) is 45.5. The minimum absolute atomic E-state index is 0.0259. The van der Waals surface area contributed by atoms with Gasteiger partial charge in [0.1, 0.15) is 6.04 Å². The molecule has 13 nitrogen and oxygen atoms in total. The van der Waals surface area contributed by atoms with E-state index >= 15 is 0 Å². The highest BCUT2D eigenvalue weighted by atomic mass is 16.4. The highest BCUT2D eigenvalue weighted by Crippen LogP contribution is 2.45. The molecule has 1 saturated carbocycles. The van der Waals surface area contributed by atoms with Crippen LogP contribution in [0.2, 0.25) is 0 Å². The Hall–Kier alpha value is -3.73.